The van der Waals surface area contributed by atoms with Crippen LogP contribution in [-0.4, -0.2) is 64.5 Å². The van der Waals surface area contributed by atoms with Crippen LogP contribution in [0.3, 0.4) is 0 Å². The predicted octanol–water partition coefficient (Wildman–Crippen LogP) is 3.05. The molecular weight excluding hydrogens is 404 g/mol. The second-order valence-electron chi connectivity index (χ2n) is 7.95. The molecule has 7 heteroatoms. The molecule has 1 aliphatic rings. The van der Waals surface area contributed by atoms with E-state index in [0.717, 1.165) is 61.2 Å². The first kappa shape index (κ1) is 23.9. The molecule has 1 aliphatic heterocycles. The monoisotopic (exact) mass is 440 g/mol. The quantitative estimate of drug-likeness (QED) is 0.437. The molecule has 0 unspecified atom stereocenters. The number of nitrogens with zero attached hydrogens (tertiary/aromatic N) is 2. The summed E-state index contributed by atoms with van der Waals surface area (Å²) in [6.45, 7) is 4.64. The lowest BCUT2D eigenvalue weighted by Crippen LogP contribution is -2.38. The summed E-state index contributed by atoms with van der Waals surface area (Å²) in [6.07, 6.45) is 2.20. The molecule has 2 N–H and O–H groups in total. The van der Waals surface area contributed by atoms with Crippen LogP contribution in [0, 0.1) is 0 Å². The Morgan fingerprint density at radius 2 is 1.66 bits per heavy atom. The van der Waals surface area contributed by atoms with Gasteiger partial charge in [0.25, 0.3) is 0 Å². The molecule has 2 aromatic carbocycles. The summed E-state index contributed by atoms with van der Waals surface area (Å²) in [7, 11) is 5.62. The Labute approximate surface area is 191 Å². The van der Waals surface area contributed by atoms with Gasteiger partial charge in [-0.2, -0.15) is 0 Å². The van der Waals surface area contributed by atoms with Crippen molar-refractivity contribution in [1.29, 1.82) is 0 Å². The first-order chi connectivity index (χ1) is 15.7. The van der Waals surface area contributed by atoms with E-state index in [1.54, 1.807) is 14.2 Å². The number of nitrogens with one attached hydrogen (secondary N) is 2. The summed E-state index contributed by atoms with van der Waals surface area (Å²) in [5, 5.41) is 6.70. The van der Waals surface area contributed by atoms with Crippen LogP contribution in [0.5, 0.6) is 11.5 Å². The number of likely N-dealkylation sites (N-methyl/N-ethyl adjacent to an activating group) is 1. The van der Waals surface area contributed by atoms with E-state index in [1.807, 2.05) is 30.3 Å². The number of hydrogen-bond acceptors (Lipinski definition) is 5. The molecule has 174 valence electrons. The molecule has 3 rings (SSSR count). The standard InChI is InChI=1S/C25H36N4O3/c1-26-25(27-18-20-6-4-8-23(16-20)30-3)28-19-21-7-5-9-24(17-21)32-15-12-29(2)22-10-13-31-14-11-22/h4-9,16-17,22H,10-15,18-19H2,1-3H3,(H2,26,27,28). The van der Waals surface area contributed by atoms with Crippen LogP contribution in [0.1, 0.15) is 24.0 Å². The van der Waals surface area contributed by atoms with E-state index in [2.05, 4.69) is 45.8 Å². The largest absolute Gasteiger partial charge is 0.497 e. The summed E-state index contributed by atoms with van der Waals surface area (Å²) >= 11 is 0. The van der Waals surface area contributed by atoms with Crippen LogP contribution >= 0.6 is 0 Å². The topological polar surface area (TPSA) is 67.4 Å². The van der Waals surface area contributed by atoms with E-state index < -0.39 is 0 Å². The van der Waals surface area contributed by atoms with Crippen LogP contribution in [0.15, 0.2) is 53.5 Å². The highest BCUT2D eigenvalue weighted by molar-refractivity contribution is 5.79. The highest BCUT2D eigenvalue weighted by Crippen LogP contribution is 2.15. The van der Waals surface area contributed by atoms with E-state index >= 15 is 0 Å². The first-order valence-electron chi connectivity index (χ1n) is 11.2. The Morgan fingerprint density at radius 1 is 1.03 bits per heavy atom. The summed E-state index contributed by atoms with van der Waals surface area (Å²) < 4.78 is 16.7. The van der Waals surface area contributed by atoms with Gasteiger partial charge in [-0.25, -0.2) is 0 Å². The summed E-state index contributed by atoms with van der Waals surface area (Å²) in [5.74, 6) is 2.49. The zero-order chi connectivity index (χ0) is 22.6. The van der Waals surface area contributed by atoms with E-state index in [4.69, 9.17) is 14.2 Å². The maximum absolute atomic E-state index is 6.01. The lowest BCUT2D eigenvalue weighted by Gasteiger charge is -2.31. The molecule has 0 radical (unpaired) electrons. The minimum absolute atomic E-state index is 0.596. The summed E-state index contributed by atoms with van der Waals surface area (Å²) in [4.78, 5) is 6.69. The van der Waals surface area contributed by atoms with Gasteiger partial charge >= 0.3 is 0 Å². The molecule has 2 aromatic rings. The predicted molar refractivity (Wildman–Crippen MR) is 128 cm³/mol. The van der Waals surface area contributed by atoms with Gasteiger partial charge in [0.15, 0.2) is 5.96 Å². The van der Waals surface area contributed by atoms with Crippen LogP contribution in [0.4, 0.5) is 0 Å². The van der Waals surface area contributed by atoms with E-state index in [-0.39, 0.29) is 0 Å². The fraction of sp³-hybridized carbons (Fsp3) is 0.480. The minimum Gasteiger partial charge on any atom is -0.497 e. The molecule has 1 heterocycles. The molecule has 1 fully saturated rings. The SMILES string of the molecule is CN=C(NCc1cccc(OC)c1)NCc1cccc(OCCN(C)C2CCOCC2)c1. The molecule has 0 saturated carbocycles. The van der Waals surface area contributed by atoms with Crippen molar-refractivity contribution in [3.05, 3.63) is 59.7 Å². The molecule has 0 bridgehead atoms. The van der Waals surface area contributed by atoms with Crippen molar-refractivity contribution in [3.63, 3.8) is 0 Å². The number of benzene rings is 2. The van der Waals surface area contributed by atoms with Gasteiger partial charge in [0, 0.05) is 45.9 Å². The van der Waals surface area contributed by atoms with Crippen LogP contribution in [0.2, 0.25) is 0 Å². The highest BCUT2D eigenvalue weighted by Gasteiger charge is 2.17. The molecule has 0 atom stereocenters. The van der Waals surface area contributed by atoms with Gasteiger partial charge in [-0.05, 0) is 55.3 Å². The van der Waals surface area contributed by atoms with Gasteiger partial charge in [-0.1, -0.05) is 24.3 Å². The van der Waals surface area contributed by atoms with Gasteiger partial charge in [-0.15, -0.1) is 0 Å². The molecule has 0 amide bonds. The third kappa shape index (κ3) is 7.73. The van der Waals surface area contributed by atoms with Crippen molar-refractivity contribution < 1.29 is 14.2 Å². The van der Waals surface area contributed by atoms with Crippen molar-refractivity contribution >= 4 is 5.96 Å². The summed E-state index contributed by atoms with van der Waals surface area (Å²) in [6, 6.07) is 16.8. The van der Waals surface area contributed by atoms with Crippen molar-refractivity contribution in [2.75, 3.05) is 47.6 Å². The van der Waals surface area contributed by atoms with Gasteiger partial charge in [0.1, 0.15) is 18.1 Å². The van der Waals surface area contributed by atoms with E-state index in [9.17, 15) is 0 Å². The Kier molecular flexibility index (Phi) is 9.65. The van der Waals surface area contributed by atoms with Crippen LogP contribution < -0.4 is 20.1 Å². The third-order valence-electron chi connectivity index (χ3n) is 5.70. The maximum Gasteiger partial charge on any atom is 0.191 e. The van der Waals surface area contributed by atoms with Gasteiger partial charge < -0.3 is 24.8 Å². The molecule has 32 heavy (non-hydrogen) atoms. The van der Waals surface area contributed by atoms with Crippen molar-refractivity contribution in [2.45, 2.75) is 32.0 Å². The lowest BCUT2D eigenvalue weighted by atomic mass is 10.1. The fourth-order valence-electron chi connectivity index (χ4n) is 3.74. The van der Waals surface area contributed by atoms with Gasteiger partial charge in [0.2, 0.25) is 0 Å². The second kappa shape index (κ2) is 12.9. The van der Waals surface area contributed by atoms with Crippen molar-refractivity contribution in [3.8, 4) is 11.5 Å². The molecule has 0 aromatic heterocycles. The molecule has 7 nitrogen and oxygen atoms in total. The lowest BCUT2D eigenvalue weighted by molar-refractivity contribution is 0.0392. The van der Waals surface area contributed by atoms with Gasteiger partial charge in [-0.3, -0.25) is 9.89 Å². The smallest absolute Gasteiger partial charge is 0.191 e. The Hall–Kier alpha value is -2.77. The minimum atomic E-state index is 0.596. The zero-order valence-corrected chi connectivity index (χ0v) is 19.5. The normalized spacial score (nSPS) is 14.9. The van der Waals surface area contributed by atoms with Gasteiger partial charge in [0.05, 0.1) is 7.11 Å². The number of aliphatic imine (C=N–C) groups is 1. The molecule has 0 aliphatic carbocycles. The van der Waals surface area contributed by atoms with Crippen molar-refractivity contribution in [2.24, 2.45) is 4.99 Å². The van der Waals surface area contributed by atoms with E-state index in [0.29, 0.717) is 25.7 Å². The first-order valence-corrected chi connectivity index (χ1v) is 11.2. The zero-order valence-electron chi connectivity index (χ0n) is 19.5. The highest BCUT2D eigenvalue weighted by atomic mass is 16.5. The Balaban J connectivity index is 1.42. The van der Waals surface area contributed by atoms with Crippen LogP contribution in [0.25, 0.3) is 0 Å². The average molecular weight is 441 g/mol. The second-order valence-corrected chi connectivity index (χ2v) is 7.95. The molecule has 1 saturated heterocycles. The molecule has 0 spiro atoms. The van der Waals surface area contributed by atoms with Crippen molar-refractivity contribution in [1.82, 2.24) is 15.5 Å². The number of rotatable bonds is 10. The number of hydrogen-bond donors (Lipinski definition) is 2. The number of methoxy groups -OCH3 is 1. The summed E-state index contributed by atoms with van der Waals surface area (Å²) in [5.41, 5.74) is 2.28. The van der Waals surface area contributed by atoms with Crippen LogP contribution in [-0.2, 0) is 17.8 Å². The number of guanidine groups is 1. The Morgan fingerprint density at radius 3 is 2.28 bits per heavy atom. The number of ether oxygens (including phenoxy) is 3. The maximum atomic E-state index is 6.01. The fourth-order valence-corrected chi connectivity index (χ4v) is 3.74. The van der Waals surface area contributed by atoms with E-state index in [1.165, 1.54) is 0 Å². The average Bonchev–Trinajstić information content (AvgIpc) is 2.85. The molecular formula is C25H36N4O3. The third-order valence-corrected chi connectivity index (χ3v) is 5.70. The Bertz CT molecular complexity index is 853.